The number of aromatic nitrogens is 1. The molecule has 6 heteroatoms. The average Bonchev–Trinajstić information content (AvgIpc) is 3.33. The van der Waals surface area contributed by atoms with Crippen molar-refractivity contribution >= 4 is 17.2 Å². The highest BCUT2D eigenvalue weighted by molar-refractivity contribution is 7.07. The summed E-state index contributed by atoms with van der Waals surface area (Å²) >= 11 is 1.64. The number of aliphatic hydroxyl groups excluding tert-OH is 1. The quantitative estimate of drug-likeness (QED) is 0.645. The molecular weight excluding hydrogens is 336 g/mol. The van der Waals surface area contributed by atoms with E-state index in [4.69, 9.17) is 4.52 Å². The Kier molecular flexibility index (Phi) is 5.98. The van der Waals surface area contributed by atoms with E-state index >= 15 is 0 Å². The van der Waals surface area contributed by atoms with Crippen LogP contribution in [-0.2, 0) is 0 Å². The van der Waals surface area contributed by atoms with Gasteiger partial charge in [-0.25, -0.2) is 0 Å². The molecule has 0 fully saturated rings. The summed E-state index contributed by atoms with van der Waals surface area (Å²) < 4.78 is 5.25. The van der Waals surface area contributed by atoms with Crippen molar-refractivity contribution in [2.24, 2.45) is 0 Å². The van der Waals surface area contributed by atoms with Crippen LogP contribution in [0.1, 0.15) is 34.8 Å². The SMILES string of the molecule is O=C(NCC[C@@H](CCO)c1ccsc1)c1cc(-c2ccccc2)on1. The summed E-state index contributed by atoms with van der Waals surface area (Å²) in [4.78, 5) is 12.2. The first-order valence-electron chi connectivity index (χ1n) is 8.21. The smallest absolute Gasteiger partial charge is 0.273 e. The molecule has 3 rings (SSSR count). The van der Waals surface area contributed by atoms with Crippen LogP contribution in [0.3, 0.4) is 0 Å². The van der Waals surface area contributed by atoms with Crippen molar-refractivity contribution in [2.75, 3.05) is 13.2 Å². The number of benzene rings is 1. The van der Waals surface area contributed by atoms with Gasteiger partial charge in [0.05, 0.1) is 0 Å². The minimum Gasteiger partial charge on any atom is -0.396 e. The highest BCUT2D eigenvalue weighted by Crippen LogP contribution is 2.25. The van der Waals surface area contributed by atoms with E-state index in [1.54, 1.807) is 17.4 Å². The van der Waals surface area contributed by atoms with Crippen molar-refractivity contribution in [1.29, 1.82) is 0 Å². The zero-order valence-electron chi connectivity index (χ0n) is 13.7. The molecule has 0 saturated carbocycles. The summed E-state index contributed by atoms with van der Waals surface area (Å²) in [5.41, 5.74) is 2.36. The van der Waals surface area contributed by atoms with E-state index in [1.165, 1.54) is 5.56 Å². The lowest BCUT2D eigenvalue weighted by molar-refractivity contribution is 0.0943. The largest absolute Gasteiger partial charge is 0.396 e. The Labute approximate surface area is 150 Å². The normalized spacial score (nSPS) is 12.0. The Morgan fingerprint density at radius 3 is 2.80 bits per heavy atom. The lowest BCUT2D eigenvalue weighted by Gasteiger charge is -2.14. The van der Waals surface area contributed by atoms with Crippen molar-refractivity contribution in [1.82, 2.24) is 10.5 Å². The molecule has 3 aromatic rings. The molecule has 0 unspecified atom stereocenters. The number of thiophene rings is 1. The summed E-state index contributed by atoms with van der Waals surface area (Å²) in [6, 6.07) is 13.3. The van der Waals surface area contributed by atoms with Crippen LogP contribution in [0.5, 0.6) is 0 Å². The molecule has 0 bridgehead atoms. The third-order valence-corrected chi connectivity index (χ3v) is 4.77. The van der Waals surface area contributed by atoms with Crippen molar-refractivity contribution in [3.05, 3.63) is 64.5 Å². The molecule has 0 saturated heterocycles. The molecule has 1 amide bonds. The molecule has 0 spiro atoms. The van der Waals surface area contributed by atoms with E-state index in [0.717, 1.165) is 12.0 Å². The lowest BCUT2D eigenvalue weighted by Crippen LogP contribution is -2.26. The van der Waals surface area contributed by atoms with E-state index in [2.05, 4.69) is 21.9 Å². The van der Waals surface area contributed by atoms with Gasteiger partial charge in [-0.1, -0.05) is 35.5 Å². The van der Waals surface area contributed by atoms with Gasteiger partial charge in [-0.2, -0.15) is 11.3 Å². The van der Waals surface area contributed by atoms with E-state index in [0.29, 0.717) is 18.7 Å². The number of carbonyl (C=O) groups is 1. The number of hydrogen-bond donors (Lipinski definition) is 2. The van der Waals surface area contributed by atoms with Crippen molar-refractivity contribution < 1.29 is 14.4 Å². The summed E-state index contributed by atoms with van der Waals surface area (Å²) in [5.74, 6) is 0.565. The van der Waals surface area contributed by atoms with Crippen LogP contribution in [0.2, 0.25) is 0 Å². The molecular formula is C19H20N2O3S. The number of rotatable bonds is 8. The maximum atomic E-state index is 12.2. The summed E-state index contributed by atoms with van der Waals surface area (Å²) in [6.45, 7) is 0.658. The van der Waals surface area contributed by atoms with E-state index < -0.39 is 0 Å². The van der Waals surface area contributed by atoms with Crippen LogP contribution in [0.15, 0.2) is 57.7 Å². The number of nitrogens with one attached hydrogen (secondary N) is 1. The predicted molar refractivity (Wildman–Crippen MR) is 97.7 cm³/mol. The van der Waals surface area contributed by atoms with Gasteiger partial charge in [0.1, 0.15) is 0 Å². The first-order valence-corrected chi connectivity index (χ1v) is 9.15. The standard InChI is InChI=1S/C19H20N2O3S/c22-10-7-14(16-8-11-25-13-16)6-9-20-19(23)17-12-18(24-21-17)15-4-2-1-3-5-15/h1-5,8,11-14,22H,6-7,9-10H2,(H,20,23)/t14-/m0/s1. The zero-order chi connectivity index (χ0) is 17.5. The third-order valence-electron chi connectivity index (χ3n) is 4.07. The molecule has 0 aliphatic heterocycles. The highest BCUT2D eigenvalue weighted by Gasteiger charge is 2.15. The second kappa shape index (κ2) is 8.60. The first kappa shape index (κ1) is 17.4. The van der Waals surface area contributed by atoms with Crippen LogP contribution < -0.4 is 5.32 Å². The lowest BCUT2D eigenvalue weighted by atomic mass is 9.95. The molecule has 0 aliphatic rings. The van der Waals surface area contributed by atoms with Gasteiger partial charge in [-0.05, 0) is 41.1 Å². The maximum absolute atomic E-state index is 12.2. The van der Waals surface area contributed by atoms with Gasteiger partial charge >= 0.3 is 0 Å². The number of nitrogens with zero attached hydrogens (tertiary/aromatic N) is 1. The Morgan fingerprint density at radius 2 is 2.08 bits per heavy atom. The zero-order valence-corrected chi connectivity index (χ0v) is 14.5. The summed E-state index contributed by atoms with van der Waals surface area (Å²) in [5, 5.41) is 20.1. The third kappa shape index (κ3) is 4.55. The fraction of sp³-hybridized carbons (Fsp3) is 0.263. The van der Waals surface area contributed by atoms with Gasteiger partial charge in [-0.15, -0.1) is 0 Å². The number of hydrogen-bond acceptors (Lipinski definition) is 5. The van der Waals surface area contributed by atoms with Gasteiger partial charge in [0.15, 0.2) is 11.5 Å². The van der Waals surface area contributed by atoms with Crippen molar-refractivity contribution in [2.45, 2.75) is 18.8 Å². The molecule has 0 aliphatic carbocycles. The Hall–Kier alpha value is -2.44. The van der Waals surface area contributed by atoms with Crippen LogP contribution in [0, 0.1) is 0 Å². The van der Waals surface area contributed by atoms with E-state index in [1.807, 2.05) is 35.7 Å². The fourth-order valence-electron chi connectivity index (χ4n) is 2.71. The molecule has 0 radical (unpaired) electrons. The van der Waals surface area contributed by atoms with Crippen LogP contribution >= 0.6 is 11.3 Å². The minimum absolute atomic E-state index is 0.137. The molecule has 2 heterocycles. The van der Waals surface area contributed by atoms with Gasteiger partial charge in [0, 0.05) is 24.8 Å². The molecule has 2 aromatic heterocycles. The maximum Gasteiger partial charge on any atom is 0.273 e. The van der Waals surface area contributed by atoms with Gasteiger partial charge in [0.25, 0.3) is 5.91 Å². The number of carbonyl (C=O) groups excluding carboxylic acids is 1. The highest BCUT2D eigenvalue weighted by atomic mass is 32.1. The van der Waals surface area contributed by atoms with Gasteiger partial charge in [-0.3, -0.25) is 4.79 Å². The summed E-state index contributed by atoms with van der Waals surface area (Å²) in [7, 11) is 0. The Balaban J connectivity index is 1.55. The molecule has 25 heavy (non-hydrogen) atoms. The van der Waals surface area contributed by atoms with Crippen molar-refractivity contribution in [3.8, 4) is 11.3 Å². The first-order chi connectivity index (χ1) is 12.3. The van der Waals surface area contributed by atoms with Crippen LogP contribution in [0.25, 0.3) is 11.3 Å². The topological polar surface area (TPSA) is 75.4 Å². The predicted octanol–water partition coefficient (Wildman–Crippen LogP) is 3.69. The fourth-order valence-corrected chi connectivity index (χ4v) is 3.45. The number of amides is 1. The van der Waals surface area contributed by atoms with Gasteiger partial charge in [0.2, 0.25) is 0 Å². The molecule has 5 nitrogen and oxygen atoms in total. The number of aliphatic hydroxyl groups is 1. The van der Waals surface area contributed by atoms with E-state index in [-0.39, 0.29) is 24.1 Å². The van der Waals surface area contributed by atoms with Gasteiger partial charge < -0.3 is 14.9 Å². The monoisotopic (exact) mass is 356 g/mol. The Bertz CT molecular complexity index is 784. The second-order valence-corrected chi connectivity index (χ2v) is 6.53. The van der Waals surface area contributed by atoms with Crippen molar-refractivity contribution in [3.63, 3.8) is 0 Å². The second-order valence-electron chi connectivity index (χ2n) is 5.75. The Morgan fingerprint density at radius 1 is 1.24 bits per heavy atom. The summed E-state index contributed by atoms with van der Waals surface area (Å²) in [6.07, 6.45) is 1.46. The van der Waals surface area contributed by atoms with E-state index in [9.17, 15) is 9.90 Å². The van der Waals surface area contributed by atoms with Crippen LogP contribution in [0.4, 0.5) is 0 Å². The molecule has 2 N–H and O–H groups in total. The minimum atomic E-state index is -0.251. The molecule has 1 atom stereocenters. The average molecular weight is 356 g/mol. The molecule has 130 valence electrons. The van der Waals surface area contributed by atoms with Crippen LogP contribution in [-0.4, -0.2) is 29.3 Å². The molecule has 1 aromatic carbocycles.